The number of anilines is 1. The highest BCUT2D eigenvalue weighted by Gasteiger charge is 2.28. The second-order valence-corrected chi connectivity index (χ2v) is 8.89. The zero-order valence-electron chi connectivity index (χ0n) is 17.9. The van der Waals surface area contributed by atoms with Gasteiger partial charge in [-0.05, 0) is 49.9 Å². The second-order valence-electron chi connectivity index (χ2n) is 8.89. The monoisotopic (exact) mass is 413 g/mol. The topological polar surface area (TPSA) is 69.3 Å². The Morgan fingerprint density at radius 2 is 2.17 bits per heavy atom. The van der Waals surface area contributed by atoms with Crippen LogP contribution >= 0.6 is 0 Å². The smallest absolute Gasteiger partial charge is 0.325 e. The Kier molecular flexibility index (Phi) is 5.30. The summed E-state index contributed by atoms with van der Waals surface area (Å²) in [4.78, 5) is 12.1. The lowest BCUT2D eigenvalue weighted by Crippen LogP contribution is -2.28. The average molecular weight is 413 g/mol. The summed E-state index contributed by atoms with van der Waals surface area (Å²) >= 11 is 0. The van der Waals surface area contributed by atoms with Crippen LogP contribution in [0.4, 0.5) is 10.2 Å². The fraction of sp³-hybridized carbons (Fsp3) is 0.478. The van der Waals surface area contributed by atoms with E-state index in [1.54, 1.807) is 19.1 Å². The number of aromatic nitrogens is 2. The maximum absolute atomic E-state index is 14.0. The molecule has 7 heteroatoms. The zero-order valence-corrected chi connectivity index (χ0v) is 17.9. The van der Waals surface area contributed by atoms with Gasteiger partial charge in [0.1, 0.15) is 18.1 Å². The van der Waals surface area contributed by atoms with Crippen molar-refractivity contribution >= 4 is 22.7 Å². The largest absolute Gasteiger partial charge is 0.465 e. The van der Waals surface area contributed by atoms with Crippen molar-refractivity contribution in [1.29, 1.82) is 0 Å². The van der Waals surface area contributed by atoms with Gasteiger partial charge >= 0.3 is 5.97 Å². The van der Waals surface area contributed by atoms with E-state index in [-0.39, 0.29) is 29.8 Å². The predicted molar refractivity (Wildman–Crippen MR) is 113 cm³/mol. The van der Waals surface area contributed by atoms with Crippen LogP contribution in [0.3, 0.4) is 0 Å². The highest BCUT2D eigenvalue weighted by atomic mass is 19.1. The second kappa shape index (κ2) is 7.78. The number of carbonyl (C=O) groups excluding carboxylic acids is 1. The molecule has 0 spiro atoms. The molecule has 0 saturated heterocycles. The molecular formula is C23H28FN3O3. The Bertz CT molecular complexity index is 1080. The molecule has 0 aliphatic heterocycles. The van der Waals surface area contributed by atoms with Crippen LogP contribution in [-0.2, 0) is 34.3 Å². The van der Waals surface area contributed by atoms with Crippen LogP contribution in [0.1, 0.15) is 51.1 Å². The van der Waals surface area contributed by atoms with E-state index in [0.29, 0.717) is 6.61 Å². The van der Waals surface area contributed by atoms with Crippen molar-refractivity contribution in [2.75, 3.05) is 11.9 Å². The van der Waals surface area contributed by atoms with E-state index < -0.39 is 0 Å². The Balaban J connectivity index is 1.62. The van der Waals surface area contributed by atoms with Gasteiger partial charge in [0, 0.05) is 34.1 Å². The summed E-state index contributed by atoms with van der Waals surface area (Å²) in [5, 5.41) is 8.48. The molecule has 1 aromatic carbocycles. The van der Waals surface area contributed by atoms with Crippen molar-refractivity contribution in [3.63, 3.8) is 0 Å². The van der Waals surface area contributed by atoms with Gasteiger partial charge in [-0.25, -0.2) is 4.39 Å². The molecule has 3 aromatic rings. The summed E-state index contributed by atoms with van der Waals surface area (Å²) in [5.74, 6) is 0.989. The summed E-state index contributed by atoms with van der Waals surface area (Å²) in [7, 11) is 0. The van der Waals surface area contributed by atoms with Crippen LogP contribution in [0.15, 0.2) is 28.8 Å². The van der Waals surface area contributed by atoms with Crippen LogP contribution in [-0.4, -0.2) is 28.3 Å². The molecule has 1 unspecified atom stereocenters. The third kappa shape index (κ3) is 3.93. The number of hydrogen-bond acceptors (Lipinski definition) is 5. The molecule has 6 nitrogen and oxygen atoms in total. The number of ether oxygens (including phenoxy) is 1. The highest BCUT2D eigenvalue weighted by Crippen LogP contribution is 2.34. The first kappa shape index (κ1) is 20.4. The van der Waals surface area contributed by atoms with E-state index in [2.05, 4.69) is 31.2 Å². The number of nitrogens with zero attached hydrogens (tertiary/aromatic N) is 2. The molecule has 0 amide bonds. The summed E-state index contributed by atoms with van der Waals surface area (Å²) < 4.78 is 26.6. The number of benzene rings is 1. The van der Waals surface area contributed by atoms with E-state index in [4.69, 9.17) is 9.26 Å². The number of esters is 1. The Hall–Kier alpha value is -2.83. The van der Waals surface area contributed by atoms with Crippen LogP contribution in [0.2, 0.25) is 0 Å². The van der Waals surface area contributed by atoms with Crippen molar-refractivity contribution < 1.29 is 18.4 Å². The van der Waals surface area contributed by atoms with Crippen LogP contribution in [0.5, 0.6) is 0 Å². The molecule has 1 N–H and O–H groups in total. The van der Waals surface area contributed by atoms with E-state index in [1.807, 2.05) is 10.6 Å². The first-order chi connectivity index (χ1) is 14.3. The molecule has 0 fully saturated rings. The normalized spacial score (nSPS) is 16.5. The van der Waals surface area contributed by atoms with E-state index in [1.165, 1.54) is 6.07 Å². The maximum Gasteiger partial charge on any atom is 0.325 e. The maximum atomic E-state index is 14.0. The SMILES string of the molecule is CCOC(=O)Cn1c2c(c3cc(F)ccc31)CC(Nc1cc(C(C)(C)C)on1)CC2. The zero-order chi connectivity index (χ0) is 21.5. The third-order valence-electron chi connectivity index (χ3n) is 5.62. The van der Waals surface area contributed by atoms with Crippen molar-refractivity contribution in [2.45, 2.75) is 65.0 Å². The van der Waals surface area contributed by atoms with Gasteiger partial charge in [-0.3, -0.25) is 4.79 Å². The molecule has 0 saturated carbocycles. The molecule has 2 aromatic heterocycles. The van der Waals surface area contributed by atoms with Crippen LogP contribution in [0.25, 0.3) is 10.9 Å². The minimum absolute atomic E-state index is 0.106. The van der Waals surface area contributed by atoms with Crippen LogP contribution < -0.4 is 5.32 Å². The lowest BCUT2D eigenvalue weighted by molar-refractivity contribution is -0.143. The third-order valence-corrected chi connectivity index (χ3v) is 5.62. The minimum atomic E-state index is -0.279. The fourth-order valence-corrected chi connectivity index (χ4v) is 4.17. The summed E-state index contributed by atoms with van der Waals surface area (Å²) in [6.45, 7) is 8.52. The lowest BCUT2D eigenvalue weighted by Gasteiger charge is -2.24. The number of hydrogen-bond donors (Lipinski definition) is 1. The summed E-state index contributed by atoms with van der Waals surface area (Å²) in [6, 6.07) is 6.85. The molecule has 0 radical (unpaired) electrons. The fourth-order valence-electron chi connectivity index (χ4n) is 4.17. The van der Waals surface area contributed by atoms with Crippen molar-refractivity contribution in [2.24, 2.45) is 0 Å². The van der Waals surface area contributed by atoms with Crippen LogP contribution in [0, 0.1) is 5.82 Å². The van der Waals surface area contributed by atoms with Gasteiger partial charge in [-0.1, -0.05) is 25.9 Å². The van der Waals surface area contributed by atoms with Gasteiger partial charge in [-0.2, -0.15) is 0 Å². The van der Waals surface area contributed by atoms with Crippen molar-refractivity contribution in [3.05, 3.63) is 47.1 Å². The molecule has 1 aliphatic carbocycles. The van der Waals surface area contributed by atoms with E-state index in [9.17, 15) is 9.18 Å². The number of halogens is 1. The number of fused-ring (bicyclic) bond motifs is 3. The molecule has 160 valence electrons. The molecular weight excluding hydrogens is 385 g/mol. The molecule has 4 rings (SSSR count). The molecule has 30 heavy (non-hydrogen) atoms. The molecule has 0 bridgehead atoms. The predicted octanol–water partition coefficient (Wildman–Crippen LogP) is 4.60. The highest BCUT2D eigenvalue weighted by molar-refractivity contribution is 5.87. The van der Waals surface area contributed by atoms with Gasteiger partial charge < -0.3 is 19.1 Å². The van der Waals surface area contributed by atoms with Gasteiger partial charge in [0.15, 0.2) is 5.82 Å². The van der Waals surface area contributed by atoms with Gasteiger partial charge in [0.2, 0.25) is 0 Å². The molecule has 1 atom stereocenters. The van der Waals surface area contributed by atoms with Gasteiger partial charge in [0.05, 0.1) is 6.61 Å². The van der Waals surface area contributed by atoms with Gasteiger partial charge in [-0.15, -0.1) is 0 Å². The Morgan fingerprint density at radius 3 is 2.87 bits per heavy atom. The van der Waals surface area contributed by atoms with Gasteiger partial charge in [0.25, 0.3) is 0 Å². The Labute approximate surface area is 175 Å². The quantitative estimate of drug-likeness (QED) is 0.619. The summed E-state index contributed by atoms with van der Waals surface area (Å²) in [5.41, 5.74) is 2.92. The average Bonchev–Trinajstić information content (AvgIpc) is 3.26. The molecule has 1 aliphatic rings. The van der Waals surface area contributed by atoms with Crippen molar-refractivity contribution in [1.82, 2.24) is 9.72 Å². The first-order valence-corrected chi connectivity index (χ1v) is 10.4. The number of nitrogens with one attached hydrogen (secondary N) is 1. The minimum Gasteiger partial charge on any atom is -0.465 e. The number of rotatable bonds is 5. The lowest BCUT2D eigenvalue weighted by atomic mass is 9.91. The standard InChI is InChI=1S/C23H28FN3O3/c1-5-29-22(28)13-27-18-8-6-14(24)10-16(18)17-11-15(7-9-19(17)27)25-21-12-20(30-26-21)23(2,3)4/h6,8,10,12,15H,5,7,9,11,13H2,1-4H3,(H,25,26). The first-order valence-electron chi connectivity index (χ1n) is 10.4. The summed E-state index contributed by atoms with van der Waals surface area (Å²) in [6.07, 6.45) is 2.39. The van der Waals surface area contributed by atoms with E-state index >= 15 is 0 Å². The van der Waals surface area contributed by atoms with E-state index in [0.717, 1.165) is 53.0 Å². The number of carbonyl (C=O) groups is 1. The Morgan fingerprint density at radius 1 is 1.37 bits per heavy atom. The van der Waals surface area contributed by atoms with Crippen molar-refractivity contribution in [3.8, 4) is 0 Å². The molecule has 2 heterocycles.